The van der Waals surface area contributed by atoms with E-state index in [1.807, 2.05) is 0 Å². The molecule has 14 heteroatoms. The number of aromatic nitrogens is 2. The maximum Gasteiger partial charge on any atom is 0.326 e. The maximum atomic E-state index is 12.5. The lowest BCUT2D eigenvalue weighted by molar-refractivity contribution is -0.142. The van der Waals surface area contributed by atoms with Crippen molar-refractivity contribution in [2.75, 3.05) is 0 Å². The highest BCUT2D eigenvalue weighted by Crippen LogP contribution is 2.02. The number of nitrogens with zero attached hydrogens (tertiary/aromatic N) is 1. The monoisotopic (exact) mass is 455 g/mol. The molecular weight excluding hydrogens is 426 g/mol. The van der Waals surface area contributed by atoms with E-state index < -0.39 is 59.9 Å². The number of aliphatic hydroxyl groups excluding tert-OH is 1. The molecule has 0 radical (unpaired) electrons. The van der Waals surface area contributed by atoms with Gasteiger partial charge in [0, 0.05) is 24.7 Å². The van der Waals surface area contributed by atoms with Gasteiger partial charge in [-0.3, -0.25) is 19.2 Å². The van der Waals surface area contributed by atoms with Gasteiger partial charge in [-0.25, -0.2) is 9.78 Å². The lowest BCUT2D eigenvalue weighted by Gasteiger charge is -2.25. The summed E-state index contributed by atoms with van der Waals surface area (Å²) in [5, 5.41) is 25.9. The first-order chi connectivity index (χ1) is 14.9. The number of carbonyl (C=O) groups excluding carboxylic acids is 4. The Morgan fingerprint density at radius 3 is 2.25 bits per heavy atom. The van der Waals surface area contributed by atoms with E-state index in [-0.39, 0.29) is 19.3 Å². The SMILES string of the molecule is CC(NC(=O)C(NC(=O)C(N)Cc1cnc[nH]1)C(C)O)C(=O)NC(CCC(N)=O)C(=O)O. The van der Waals surface area contributed by atoms with Crippen molar-refractivity contribution in [2.24, 2.45) is 11.5 Å². The van der Waals surface area contributed by atoms with Gasteiger partial charge < -0.3 is 42.6 Å². The highest BCUT2D eigenvalue weighted by atomic mass is 16.4. The van der Waals surface area contributed by atoms with Crippen molar-refractivity contribution in [1.29, 1.82) is 0 Å². The summed E-state index contributed by atoms with van der Waals surface area (Å²) in [5.74, 6) is -4.54. The fourth-order valence-corrected chi connectivity index (χ4v) is 2.60. The molecule has 0 saturated carbocycles. The van der Waals surface area contributed by atoms with Crippen molar-refractivity contribution in [2.45, 2.75) is 63.4 Å². The van der Waals surface area contributed by atoms with Crippen molar-refractivity contribution < 1.29 is 34.2 Å². The van der Waals surface area contributed by atoms with E-state index in [4.69, 9.17) is 16.6 Å². The van der Waals surface area contributed by atoms with Gasteiger partial charge in [-0.05, 0) is 20.3 Å². The number of hydrogen-bond acceptors (Lipinski definition) is 8. The van der Waals surface area contributed by atoms with Crippen LogP contribution >= 0.6 is 0 Å². The van der Waals surface area contributed by atoms with E-state index in [0.717, 1.165) is 0 Å². The van der Waals surface area contributed by atoms with Crippen LogP contribution in [-0.4, -0.2) is 80.1 Å². The highest BCUT2D eigenvalue weighted by molar-refractivity contribution is 5.94. The van der Waals surface area contributed by atoms with Crippen LogP contribution in [0, 0.1) is 0 Å². The van der Waals surface area contributed by atoms with Gasteiger partial charge in [0.1, 0.15) is 18.1 Å². The first-order valence-electron chi connectivity index (χ1n) is 9.75. The first-order valence-corrected chi connectivity index (χ1v) is 9.75. The standard InChI is InChI=1S/C18H29N7O7/c1-8(15(28)24-12(18(31)32)3-4-13(20)27)23-17(30)14(9(2)26)25-16(29)11(19)5-10-6-21-7-22-10/h6-9,11-12,14,26H,3-5,19H2,1-2H3,(H2,20,27)(H,21,22)(H,23,30)(H,24,28)(H,25,29)(H,31,32). The van der Waals surface area contributed by atoms with E-state index >= 15 is 0 Å². The average molecular weight is 455 g/mol. The Kier molecular flexibility index (Phi) is 10.2. The van der Waals surface area contributed by atoms with Crippen molar-refractivity contribution in [3.05, 3.63) is 18.2 Å². The van der Waals surface area contributed by atoms with Crippen LogP contribution in [0.2, 0.25) is 0 Å². The van der Waals surface area contributed by atoms with Crippen LogP contribution in [0.1, 0.15) is 32.4 Å². The van der Waals surface area contributed by atoms with Crippen LogP contribution in [-0.2, 0) is 30.4 Å². The van der Waals surface area contributed by atoms with Gasteiger partial charge in [0.25, 0.3) is 0 Å². The first kappa shape index (κ1) is 26.5. The molecular formula is C18H29N7O7. The number of H-pyrrole nitrogens is 1. The maximum absolute atomic E-state index is 12.5. The second kappa shape index (κ2) is 12.4. The molecule has 0 fully saturated rings. The number of nitrogens with two attached hydrogens (primary N) is 2. The number of carboxylic acid groups (broad SMARTS) is 1. The Hall–Kier alpha value is -3.52. The molecule has 5 atom stereocenters. The molecule has 0 aliphatic carbocycles. The van der Waals surface area contributed by atoms with Crippen LogP contribution in [0.3, 0.4) is 0 Å². The van der Waals surface area contributed by atoms with Crippen molar-refractivity contribution in [1.82, 2.24) is 25.9 Å². The molecule has 5 unspecified atom stereocenters. The molecule has 1 heterocycles. The molecule has 1 aromatic heterocycles. The molecule has 0 aliphatic rings. The number of aliphatic carboxylic acids is 1. The normalized spacial score (nSPS) is 15.5. The quantitative estimate of drug-likeness (QED) is 0.147. The number of carboxylic acids is 1. The Labute approximate surface area is 183 Å². The summed E-state index contributed by atoms with van der Waals surface area (Å²) < 4.78 is 0. The number of amides is 4. The summed E-state index contributed by atoms with van der Waals surface area (Å²) in [6.07, 6.45) is 1.21. The van der Waals surface area contributed by atoms with Gasteiger partial charge in [0.05, 0.1) is 18.5 Å². The zero-order valence-corrected chi connectivity index (χ0v) is 17.7. The summed E-state index contributed by atoms with van der Waals surface area (Å²) in [5.41, 5.74) is 11.4. The summed E-state index contributed by atoms with van der Waals surface area (Å²) in [7, 11) is 0. The number of carbonyl (C=O) groups is 5. The Balaban J connectivity index is 2.69. The van der Waals surface area contributed by atoms with E-state index in [1.54, 1.807) is 0 Å². The zero-order valence-electron chi connectivity index (χ0n) is 17.7. The lowest BCUT2D eigenvalue weighted by Crippen LogP contribution is -2.59. The Bertz CT molecular complexity index is 813. The summed E-state index contributed by atoms with van der Waals surface area (Å²) in [4.78, 5) is 65.7. The molecule has 178 valence electrons. The predicted octanol–water partition coefficient (Wildman–Crippen LogP) is -3.52. The van der Waals surface area contributed by atoms with Crippen LogP contribution in [0.25, 0.3) is 0 Å². The average Bonchev–Trinajstić information content (AvgIpc) is 3.20. The molecule has 1 rings (SSSR count). The van der Waals surface area contributed by atoms with Gasteiger partial charge >= 0.3 is 5.97 Å². The van der Waals surface area contributed by atoms with Gasteiger partial charge in [-0.15, -0.1) is 0 Å². The molecule has 0 saturated heterocycles. The van der Waals surface area contributed by atoms with E-state index in [1.165, 1.54) is 26.4 Å². The number of imidazole rings is 1. The highest BCUT2D eigenvalue weighted by Gasteiger charge is 2.31. The third kappa shape index (κ3) is 8.69. The number of rotatable bonds is 13. The molecule has 10 N–H and O–H groups in total. The van der Waals surface area contributed by atoms with Crippen molar-refractivity contribution in [3.63, 3.8) is 0 Å². The third-order valence-electron chi connectivity index (χ3n) is 4.44. The lowest BCUT2D eigenvalue weighted by atomic mass is 10.1. The summed E-state index contributed by atoms with van der Waals surface area (Å²) in [6, 6.07) is -5.06. The van der Waals surface area contributed by atoms with E-state index in [9.17, 15) is 29.1 Å². The summed E-state index contributed by atoms with van der Waals surface area (Å²) in [6.45, 7) is 2.55. The van der Waals surface area contributed by atoms with E-state index in [2.05, 4.69) is 25.9 Å². The Morgan fingerprint density at radius 2 is 1.75 bits per heavy atom. The molecule has 0 spiro atoms. The number of aromatic amines is 1. The summed E-state index contributed by atoms with van der Waals surface area (Å²) >= 11 is 0. The molecule has 0 aliphatic heterocycles. The number of hydrogen-bond donors (Lipinski definition) is 8. The molecule has 1 aromatic rings. The second-order valence-electron chi connectivity index (χ2n) is 7.25. The van der Waals surface area contributed by atoms with Crippen LogP contribution in [0.4, 0.5) is 0 Å². The van der Waals surface area contributed by atoms with E-state index in [0.29, 0.717) is 5.69 Å². The van der Waals surface area contributed by atoms with Gasteiger partial charge in [-0.2, -0.15) is 0 Å². The van der Waals surface area contributed by atoms with Crippen molar-refractivity contribution in [3.8, 4) is 0 Å². The predicted molar refractivity (Wildman–Crippen MR) is 109 cm³/mol. The Morgan fingerprint density at radius 1 is 1.09 bits per heavy atom. The molecule has 32 heavy (non-hydrogen) atoms. The molecule has 0 aromatic carbocycles. The fraction of sp³-hybridized carbons (Fsp3) is 0.556. The minimum absolute atomic E-state index is 0.112. The number of nitrogens with one attached hydrogen (secondary N) is 4. The van der Waals surface area contributed by atoms with Gasteiger partial charge in [-0.1, -0.05) is 0 Å². The minimum Gasteiger partial charge on any atom is -0.480 e. The van der Waals surface area contributed by atoms with Gasteiger partial charge in [0.15, 0.2) is 0 Å². The topological polar surface area (TPSA) is 243 Å². The van der Waals surface area contributed by atoms with Crippen LogP contribution in [0.5, 0.6) is 0 Å². The third-order valence-corrected chi connectivity index (χ3v) is 4.44. The van der Waals surface area contributed by atoms with Gasteiger partial charge in [0.2, 0.25) is 23.6 Å². The second-order valence-corrected chi connectivity index (χ2v) is 7.25. The fourth-order valence-electron chi connectivity index (χ4n) is 2.60. The van der Waals surface area contributed by atoms with Crippen molar-refractivity contribution >= 4 is 29.6 Å². The number of aliphatic hydroxyl groups is 1. The molecule has 0 bridgehead atoms. The van der Waals surface area contributed by atoms with Crippen LogP contribution < -0.4 is 27.4 Å². The molecule has 14 nitrogen and oxygen atoms in total. The smallest absolute Gasteiger partial charge is 0.326 e. The largest absolute Gasteiger partial charge is 0.480 e. The zero-order chi connectivity index (χ0) is 24.4. The molecule has 4 amide bonds. The minimum atomic E-state index is -1.42. The van der Waals surface area contributed by atoms with Crippen LogP contribution in [0.15, 0.2) is 12.5 Å². The number of primary amides is 1.